The van der Waals surface area contributed by atoms with Gasteiger partial charge in [-0.05, 0) is 17.4 Å². The Morgan fingerprint density at radius 2 is 1.80 bits per heavy atom. The third-order valence-electron chi connectivity index (χ3n) is 2.71. The summed E-state index contributed by atoms with van der Waals surface area (Å²) in [4.78, 5) is 22.2. The smallest absolute Gasteiger partial charge is 0.328 e. The molecule has 1 aromatic rings. The van der Waals surface area contributed by atoms with Crippen molar-refractivity contribution in [2.24, 2.45) is 5.41 Å². The summed E-state index contributed by atoms with van der Waals surface area (Å²) in [6, 6.07) is 9.54. The normalized spacial score (nSPS) is 13.2. The van der Waals surface area contributed by atoms with Gasteiger partial charge in [0, 0.05) is 12.2 Å². The molecule has 0 aliphatic rings. The minimum atomic E-state index is -1.13. The minimum Gasteiger partial charge on any atom is -0.478 e. The van der Waals surface area contributed by atoms with Crippen LogP contribution in [0.4, 0.5) is 0 Å². The number of hydrogen-bond acceptors (Lipinski definition) is 2. The SMILES string of the molecule is CC(C)(C)CC(NC(=O)/C=C/C(=O)O)c1ccccc1. The van der Waals surface area contributed by atoms with Gasteiger partial charge in [-0.25, -0.2) is 4.79 Å². The first-order valence-corrected chi connectivity index (χ1v) is 6.54. The summed E-state index contributed by atoms with van der Waals surface area (Å²) >= 11 is 0. The van der Waals surface area contributed by atoms with Gasteiger partial charge in [-0.1, -0.05) is 51.1 Å². The van der Waals surface area contributed by atoms with E-state index in [4.69, 9.17) is 5.11 Å². The van der Waals surface area contributed by atoms with Crippen molar-refractivity contribution < 1.29 is 14.7 Å². The van der Waals surface area contributed by atoms with Crippen LogP contribution in [0.15, 0.2) is 42.5 Å². The zero-order chi connectivity index (χ0) is 15.2. The maximum absolute atomic E-state index is 11.8. The van der Waals surface area contributed by atoms with Gasteiger partial charge in [0.2, 0.25) is 5.91 Å². The van der Waals surface area contributed by atoms with E-state index in [1.807, 2.05) is 30.3 Å². The zero-order valence-corrected chi connectivity index (χ0v) is 12.1. The van der Waals surface area contributed by atoms with Gasteiger partial charge in [-0.2, -0.15) is 0 Å². The van der Waals surface area contributed by atoms with Crippen LogP contribution >= 0.6 is 0 Å². The second kappa shape index (κ2) is 6.89. The topological polar surface area (TPSA) is 66.4 Å². The number of carbonyl (C=O) groups excluding carboxylic acids is 1. The molecule has 4 nitrogen and oxygen atoms in total. The summed E-state index contributed by atoms with van der Waals surface area (Å²) in [6.07, 6.45) is 2.65. The fourth-order valence-corrected chi connectivity index (χ4v) is 1.92. The van der Waals surface area contributed by atoms with Crippen LogP contribution in [0.25, 0.3) is 0 Å². The number of hydrogen-bond donors (Lipinski definition) is 2. The van der Waals surface area contributed by atoms with Crippen molar-refractivity contribution in [3.8, 4) is 0 Å². The first-order chi connectivity index (χ1) is 9.28. The molecule has 0 bridgehead atoms. The number of benzene rings is 1. The average Bonchev–Trinajstić information content (AvgIpc) is 2.35. The average molecular weight is 275 g/mol. The van der Waals surface area contributed by atoms with Gasteiger partial charge in [0.25, 0.3) is 0 Å². The maximum Gasteiger partial charge on any atom is 0.328 e. The van der Waals surface area contributed by atoms with Crippen LogP contribution in [0, 0.1) is 5.41 Å². The van der Waals surface area contributed by atoms with E-state index in [-0.39, 0.29) is 11.5 Å². The van der Waals surface area contributed by atoms with Crippen molar-refractivity contribution in [2.45, 2.75) is 33.2 Å². The lowest BCUT2D eigenvalue weighted by molar-refractivity contribution is -0.131. The molecule has 0 saturated heterocycles. The summed E-state index contributed by atoms with van der Waals surface area (Å²) in [5.74, 6) is -1.53. The summed E-state index contributed by atoms with van der Waals surface area (Å²) in [5.41, 5.74) is 1.06. The maximum atomic E-state index is 11.8. The van der Waals surface area contributed by atoms with E-state index in [0.29, 0.717) is 0 Å². The molecule has 0 saturated carbocycles. The van der Waals surface area contributed by atoms with Crippen molar-refractivity contribution in [1.82, 2.24) is 5.32 Å². The van der Waals surface area contributed by atoms with Crippen molar-refractivity contribution >= 4 is 11.9 Å². The van der Waals surface area contributed by atoms with Crippen molar-refractivity contribution in [2.75, 3.05) is 0 Å². The van der Waals surface area contributed by atoms with E-state index in [1.54, 1.807) is 0 Å². The van der Waals surface area contributed by atoms with E-state index in [1.165, 1.54) is 0 Å². The highest BCUT2D eigenvalue weighted by atomic mass is 16.4. The Morgan fingerprint density at radius 3 is 2.30 bits per heavy atom. The summed E-state index contributed by atoms with van der Waals surface area (Å²) < 4.78 is 0. The molecular weight excluding hydrogens is 254 g/mol. The van der Waals surface area contributed by atoms with Crippen molar-refractivity contribution in [3.05, 3.63) is 48.0 Å². The number of nitrogens with one attached hydrogen (secondary N) is 1. The number of carboxylic acids is 1. The molecule has 4 heteroatoms. The van der Waals surface area contributed by atoms with Crippen LogP contribution in [0.1, 0.15) is 38.8 Å². The molecule has 1 atom stereocenters. The Balaban J connectivity index is 2.84. The highest BCUT2D eigenvalue weighted by Crippen LogP contribution is 2.29. The molecule has 0 aliphatic carbocycles. The first kappa shape index (κ1) is 16.0. The molecule has 0 aliphatic heterocycles. The Labute approximate surface area is 119 Å². The van der Waals surface area contributed by atoms with E-state index >= 15 is 0 Å². The molecule has 1 unspecified atom stereocenters. The van der Waals surface area contributed by atoms with E-state index in [2.05, 4.69) is 26.1 Å². The van der Waals surface area contributed by atoms with E-state index in [9.17, 15) is 9.59 Å². The molecule has 108 valence electrons. The van der Waals surface area contributed by atoms with Gasteiger partial charge in [0.05, 0.1) is 6.04 Å². The molecule has 2 N–H and O–H groups in total. The lowest BCUT2D eigenvalue weighted by atomic mass is 9.85. The van der Waals surface area contributed by atoms with Gasteiger partial charge in [0.1, 0.15) is 0 Å². The van der Waals surface area contributed by atoms with Gasteiger partial charge >= 0.3 is 5.97 Å². The lowest BCUT2D eigenvalue weighted by Crippen LogP contribution is -2.30. The molecule has 0 heterocycles. The number of carboxylic acid groups (broad SMARTS) is 1. The second-order valence-corrected chi connectivity index (χ2v) is 5.91. The number of carbonyl (C=O) groups is 2. The van der Waals surface area contributed by atoms with Crippen molar-refractivity contribution in [3.63, 3.8) is 0 Å². The predicted octanol–water partition coefficient (Wildman–Crippen LogP) is 2.92. The Morgan fingerprint density at radius 1 is 1.20 bits per heavy atom. The standard InChI is InChI=1S/C16H21NO3/c1-16(2,3)11-13(12-7-5-4-6-8-12)17-14(18)9-10-15(19)20/h4-10,13H,11H2,1-3H3,(H,17,18)(H,19,20)/b10-9+. The number of aliphatic carboxylic acids is 1. The Bertz CT molecular complexity index is 486. The quantitative estimate of drug-likeness (QED) is 0.812. The third kappa shape index (κ3) is 6.18. The highest BCUT2D eigenvalue weighted by Gasteiger charge is 2.21. The number of amides is 1. The van der Waals surface area contributed by atoms with Crippen LogP contribution in [0.5, 0.6) is 0 Å². The fraction of sp³-hybridized carbons (Fsp3) is 0.375. The molecule has 0 aromatic heterocycles. The van der Waals surface area contributed by atoms with Crippen LogP contribution in [0.3, 0.4) is 0 Å². The van der Waals surface area contributed by atoms with Gasteiger partial charge < -0.3 is 10.4 Å². The molecular formula is C16H21NO3. The summed E-state index contributed by atoms with van der Waals surface area (Å²) in [5, 5.41) is 11.4. The van der Waals surface area contributed by atoms with Gasteiger partial charge in [0.15, 0.2) is 0 Å². The minimum absolute atomic E-state index is 0.0459. The monoisotopic (exact) mass is 275 g/mol. The van der Waals surface area contributed by atoms with Crippen LogP contribution in [-0.4, -0.2) is 17.0 Å². The van der Waals surface area contributed by atoms with Crippen LogP contribution < -0.4 is 5.32 Å². The van der Waals surface area contributed by atoms with E-state index < -0.39 is 11.9 Å². The Kier molecular flexibility index (Phi) is 5.50. The molecule has 0 radical (unpaired) electrons. The van der Waals surface area contributed by atoms with Gasteiger partial charge in [-0.15, -0.1) is 0 Å². The fourth-order valence-electron chi connectivity index (χ4n) is 1.92. The Hall–Kier alpha value is -2.10. The first-order valence-electron chi connectivity index (χ1n) is 6.54. The van der Waals surface area contributed by atoms with Gasteiger partial charge in [-0.3, -0.25) is 4.79 Å². The molecule has 20 heavy (non-hydrogen) atoms. The molecule has 0 spiro atoms. The summed E-state index contributed by atoms with van der Waals surface area (Å²) in [7, 11) is 0. The van der Waals surface area contributed by atoms with Crippen LogP contribution in [-0.2, 0) is 9.59 Å². The third-order valence-corrected chi connectivity index (χ3v) is 2.71. The molecule has 1 aromatic carbocycles. The molecule has 0 fully saturated rings. The van der Waals surface area contributed by atoms with Crippen LogP contribution in [0.2, 0.25) is 0 Å². The van der Waals surface area contributed by atoms with Crippen molar-refractivity contribution in [1.29, 1.82) is 0 Å². The predicted molar refractivity (Wildman–Crippen MR) is 78.2 cm³/mol. The second-order valence-electron chi connectivity index (χ2n) is 5.91. The highest BCUT2D eigenvalue weighted by molar-refractivity contribution is 5.94. The lowest BCUT2D eigenvalue weighted by Gasteiger charge is -2.26. The molecule has 1 rings (SSSR count). The number of rotatable bonds is 5. The summed E-state index contributed by atoms with van der Waals surface area (Å²) in [6.45, 7) is 6.30. The molecule has 1 amide bonds. The zero-order valence-electron chi connectivity index (χ0n) is 12.1. The largest absolute Gasteiger partial charge is 0.478 e. The van der Waals surface area contributed by atoms with E-state index in [0.717, 1.165) is 24.1 Å².